The Morgan fingerprint density at radius 2 is 1.90 bits per heavy atom. The number of carbonyl (C=O) groups excluding carboxylic acids is 1. The third kappa shape index (κ3) is 7.86. The largest absolute Gasteiger partial charge is 0.379 e. The van der Waals surface area contributed by atoms with E-state index >= 15 is 0 Å². The molecule has 7 nitrogen and oxygen atoms in total. The maximum absolute atomic E-state index is 12.6. The molecule has 0 aromatic carbocycles. The van der Waals surface area contributed by atoms with Crippen molar-refractivity contribution < 1.29 is 9.53 Å². The molecule has 3 aliphatic rings. The molecule has 29 heavy (non-hydrogen) atoms. The molecule has 1 aliphatic carbocycles. The van der Waals surface area contributed by atoms with E-state index in [1.165, 1.54) is 12.8 Å². The molecule has 1 saturated carbocycles. The van der Waals surface area contributed by atoms with E-state index in [9.17, 15) is 4.79 Å². The molecule has 2 unspecified atom stereocenters. The van der Waals surface area contributed by atoms with Crippen molar-refractivity contribution in [2.24, 2.45) is 16.8 Å². The SMILES string of the molecule is CCNC(=NCC(C)CN1CCOCC1)NC1CCN(C(=O)C2CCCC2)C1.I. The van der Waals surface area contributed by atoms with Crippen LogP contribution in [0.1, 0.15) is 46.0 Å². The van der Waals surface area contributed by atoms with Gasteiger partial charge in [-0.1, -0.05) is 19.8 Å². The van der Waals surface area contributed by atoms with Crippen LogP contribution in [-0.4, -0.2) is 86.7 Å². The lowest BCUT2D eigenvalue weighted by Crippen LogP contribution is -2.46. The Kier molecular flexibility index (Phi) is 11.0. The van der Waals surface area contributed by atoms with E-state index in [1.807, 2.05) is 0 Å². The van der Waals surface area contributed by atoms with Crippen LogP contribution in [0.5, 0.6) is 0 Å². The summed E-state index contributed by atoms with van der Waals surface area (Å²) in [7, 11) is 0. The monoisotopic (exact) mass is 521 g/mol. The van der Waals surface area contributed by atoms with E-state index in [4.69, 9.17) is 9.73 Å². The van der Waals surface area contributed by atoms with Crippen molar-refractivity contribution in [3.8, 4) is 0 Å². The molecule has 0 bridgehead atoms. The molecule has 0 spiro atoms. The molecule has 8 heteroatoms. The third-order valence-electron chi connectivity index (χ3n) is 6.12. The molecule has 3 rings (SSSR count). The quantitative estimate of drug-likeness (QED) is 0.305. The van der Waals surface area contributed by atoms with Gasteiger partial charge in [-0.15, -0.1) is 24.0 Å². The molecular weight excluding hydrogens is 481 g/mol. The van der Waals surface area contributed by atoms with Crippen LogP contribution in [0.25, 0.3) is 0 Å². The summed E-state index contributed by atoms with van der Waals surface area (Å²) in [6.07, 6.45) is 5.60. The van der Waals surface area contributed by atoms with Gasteiger partial charge < -0.3 is 20.3 Å². The van der Waals surface area contributed by atoms with Crippen LogP contribution in [-0.2, 0) is 9.53 Å². The van der Waals surface area contributed by atoms with Gasteiger partial charge in [-0.25, -0.2) is 0 Å². The number of nitrogens with one attached hydrogen (secondary N) is 2. The van der Waals surface area contributed by atoms with Gasteiger partial charge in [0.15, 0.2) is 5.96 Å². The minimum Gasteiger partial charge on any atom is -0.379 e. The molecule has 2 heterocycles. The Bertz CT molecular complexity index is 521. The number of nitrogens with zero attached hydrogens (tertiary/aromatic N) is 3. The first-order valence-corrected chi connectivity index (χ1v) is 11.3. The van der Waals surface area contributed by atoms with E-state index in [0.29, 0.717) is 17.9 Å². The molecule has 2 atom stereocenters. The van der Waals surface area contributed by atoms with Crippen LogP contribution in [0.4, 0.5) is 0 Å². The predicted molar refractivity (Wildman–Crippen MR) is 128 cm³/mol. The van der Waals surface area contributed by atoms with Crippen molar-refractivity contribution in [2.75, 3.05) is 59.0 Å². The van der Waals surface area contributed by atoms with Crippen LogP contribution in [0, 0.1) is 11.8 Å². The summed E-state index contributed by atoms with van der Waals surface area (Å²) in [5.41, 5.74) is 0. The average Bonchev–Trinajstić information content (AvgIpc) is 3.39. The summed E-state index contributed by atoms with van der Waals surface area (Å²) >= 11 is 0. The van der Waals surface area contributed by atoms with Gasteiger partial charge in [-0.05, 0) is 32.1 Å². The second-order valence-electron chi connectivity index (χ2n) is 8.63. The van der Waals surface area contributed by atoms with Crippen LogP contribution in [0.15, 0.2) is 4.99 Å². The zero-order chi connectivity index (χ0) is 19.8. The fraction of sp³-hybridized carbons (Fsp3) is 0.905. The number of morpholine rings is 1. The number of rotatable bonds is 7. The molecule has 168 valence electrons. The Morgan fingerprint density at radius 1 is 1.17 bits per heavy atom. The van der Waals surface area contributed by atoms with E-state index in [-0.39, 0.29) is 29.9 Å². The van der Waals surface area contributed by atoms with Gasteiger partial charge in [-0.3, -0.25) is 14.7 Å². The zero-order valence-corrected chi connectivity index (χ0v) is 20.5. The van der Waals surface area contributed by atoms with E-state index in [1.54, 1.807) is 0 Å². The molecule has 1 amide bonds. The number of amides is 1. The van der Waals surface area contributed by atoms with Crippen molar-refractivity contribution in [3.05, 3.63) is 0 Å². The Morgan fingerprint density at radius 3 is 2.59 bits per heavy atom. The van der Waals surface area contributed by atoms with Gasteiger partial charge in [0.05, 0.1) is 13.2 Å². The lowest BCUT2D eigenvalue weighted by Gasteiger charge is -2.28. The first-order valence-electron chi connectivity index (χ1n) is 11.3. The number of carbonyl (C=O) groups is 1. The van der Waals surface area contributed by atoms with Gasteiger partial charge in [0, 0.05) is 57.8 Å². The maximum atomic E-state index is 12.6. The second-order valence-corrected chi connectivity index (χ2v) is 8.63. The molecular formula is C21H40IN5O2. The topological polar surface area (TPSA) is 69.2 Å². The number of halogens is 1. The van der Waals surface area contributed by atoms with Crippen molar-refractivity contribution in [1.82, 2.24) is 20.4 Å². The summed E-state index contributed by atoms with van der Waals surface area (Å²) in [4.78, 5) is 22.0. The second kappa shape index (κ2) is 12.9. The standard InChI is InChI=1S/C21H39N5O2.HI/c1-3-22-21(23-14-17(2)15-25-10-12-28-13-11-25)24-19-8-9-26(16-19)20(27)18-6-4-5-7-18;/h17-19H,3-16H2,1-2H3,(H2,22,23,24);1H. The molecule has 0 radical (unpaired) electrons. The van der Waals surface area contributed by atoms with Crippen molar-refractivity contribution in [2.45, 2.75) is 52.0 Å². The maximum Gasteiger partial charge on any atom is 0.225 e. The summed E-state index contributed by atoms with van der Waals surface area (Å²) in [5, 5.41) is 6.93. The molecule has 2 aliphatic heterocycles. The highest BCUT2D eigenvalue weighted by molar-refractivity contribution is 14.0. The van der Waals surface area contributed by atoms with Crippen molar-refractivity contribution >= 4 is 35.8 Å². The Hall–Kier alpha value is -0.610. The fourth-order valence-electron chi connectivity index (χ4n) is 4.55. The molecule has 3 fully saturated rings. The van der Waals surface area contributed by atoms with Crippen molar-refractivity contribution in [1.29, 1.82) is 0 Å². The molecule has 2 saturated heterocycles. The normalized spacial score (nSPS) is 25.0. The number of ether oxygens (including phenoxy) is 1. The number of guanidine groups is 1. The summed E-state index contributed by atoms with van der Waals surface area (Å²) in [6, 6.07) is 0.303. The van der Waals surface area contributed by atoms with Crippen LogP contribution >= 0.6 is 24.0 Å². The van der Waals surface area contributed by atoms with Crippen molar-refractivity contribution in [3.63, 3.8) is 0 Å². The zero-order valence-electron chi connectivity index (χ0n) is 18.2. The Labute approximate surface area is 193 Å². The van der Waals surface area contributed by atoms with Crippen LogP contribution in [0.2, 0.25) is 0 Å². The van der Waals surface area contributed by atoms with Gasteiger partial charge in [0.1, 0.15) is 0 Å². The lowest BCUT2D eigenvalue weighted by molar-refractivity contribution is -0.134. The molecule has 0 aromatic rings. The van der Waals surface area contributed by atoms with E-state index < -0.39 is 0 Å². The third-order valence-corrected chi connectivity index (χ3v) is 6.12. The average molecular weight is 521 g/mol. The highest BCUT2D eigenvalue weighted by atomic mass is 127. The summed E-state index contributed by atoms with van der Waals surface area (Å²) in [5.74, 6) is 2.05. The smallest absolute Gasteiger partial charge is 0.225 e. The summed E-state index contributed by atoms with van der Waals surface area (Å²) < 4.78 is 5.43. The van der Waals surface area contributed by atoms with Gasteiger partial charge in [-0.2, -0.15) is 0 Å². The molecule has 0 aromatic heterocycles. The van der Waals surface area contributed by atoms with E-state index in [0.717, 1.165) is 84.2 Å². The van der Waals surface area contributed by atoms with Gasteiger partial charge >= 0.3 is 0 Å². The summed E-state index contributed by atoms with van der Waals surface area (Å²) in [6.45, 7) is 12.5. The van der Waals surface area contributed by atoms with Crippen LogP contribution < -0.4 is 10.6 Å². The van der Waals surface area contributed by atoms with Gasteiger partial charge in [0.2, 0.25) is 5.91 Å². The highest BCUT2D eigenvalue weighted by Gasteiger charge is 2.32. The number of hydrogen-bond donors (Lipinski definition) is 2. The minimum atomic E-state index is 0. The minimum absolute atomic E-state index is 0. The number of likely N-dealkylation sites (tertiary alicyclic amines) is 1. The predicted octanol–water partition coefficient (Wildman–Crippen LogP) is 1.92. The lowest BCUT2D eigenvalue weighted by atomic mass is 10.1. The van der Waals surface area contributed by atoms with Gasteiger partial charge in [0.25, 0.3) is 0 Å². The fourth-order valence-corrected chi connectivity index (χ4v) is 4.55. The Balaban J connectivity index is 0.00000300. The first kappa shape index (κ1) is 24.7. The number of aliphatic imine (C=N–C) groups is 1. The number of hydrogen-bond acceptors (Lipinski definition) is 4. The highest BCUT2D eigenvalue weighted by Crippen LogP contribution is 2.27. The first-order chi connectivity index (χ1) is 13.7. The van der Waals surface area contributed by atoms with Crippen LogP contribution in [0.3, 0.4) is 0 Å². The van der Waals surface area contributed by atoms with E-state index in [2.05, 4.69) is 34.3 Å². The molecule has 2 N–H and O–H groups in total.